The summed E-state index contributed by atoms with van der Waals surface area (Å²) in [5.41, 5.74) is 5.90. The van der Waals surface area contributed by atoms with Crippen molar-refractivity contribution in [3.05, 3.63) is 101 Å². The average Bonchev–Trinajstić information content (AvgIpc) is 3.30. The molecule has 0 aliphatic heterocycles. The van der Waals surface area contributed by atoms with Crippen molar-refractivity contribution in [3.63, 3.8) is 0 Å². The van der Waals surface area contributed by atoms with Gasteiger partial charge in [-0.25, -0.2) is 4.98 Å². The Morgan fingerprint density at radius 2 is 1.71 bits per heavy atom. The van der Waals surface area contributed by atoms with Crippen LogP contribution < -0.4 is 10.1 Å². The maximum absolute atomic E-state index is 12.6. The number of aryl methyl sites for hydroxylation is 1. The first-order chi connectivity index (χ1) is 16.6. The van der Waals surface area contributed by atoms with E-state index in [0.29, 0.717) is 24.5 Å². The number of nitrogens with one attached hydrogen (secondary N) is 1. The Kier molecular flexibility index (Phi) is 7.60. The van der Waals surface area contributed by atoms with Crippen LogP contribution in [0.4, 0.5) is 0 Å². The third-order valence-corrected chi connectivity index (χ3v) is 6.01. The van der Waals surface area contributed by atoms with Crippen LogP contribution in [0.25, 0.3) is 5.65 Å². The van der Waals surface area contributed by atoms with Gasteiger partial charge in [-0.3, -0.25) is 9.69 Å². The fourth-order valence-corrected chi connectivity index (χ4v) is 3.89. The zero-order valence-electron chi connectivity index (χ0n) is 20.1. The Morgan fingerprint density at radius 1 is 1.00 bits per heavy atom. The van der Waals surface area contributed by atoms with Crippen LogP contribution >= 0.6 is 0 Å². The van der Waals surface area contributed by atoms with Crippen molar-refractivity contribution in [1.29, 1.82) is 0 Å². The van der Waals surface area contributed by atoms with Gasteiger partial charge in [-0.2, -0.15) is 0 Å². The highest BCUT2D eigenvalue weighted by Gasteiger charge is 2.08. The number of carbonyl (C=O) groups is 1. The molecule has 1 N–H and O–H groups in total. The highest BCUT2D eigenvalue weighted by Crippen LogP contribution is 2.16. The zero-order chi connectivity index (χ0) is 23.9. The van der Waals surface area contributed by atoms with E-state index in [1.807, 2.05) is 48.0 Å². The van der Waals surface area contributed by atoms with Crippen LogP contribution in [0.2, 0.25) is 0 Å². The summed E-state index contributed by atoms with van der Waals surface area (Å²) in [4.78, 5) is 19.6. The second-order valence-electron chi connectivity index (χ2n) is 8.43. The second kappa shape index (κ2) is 11.0. The minimum Gasteiger partial charge on any atom is -0.487 e. The first kappa shape index (κ1) is 23.5. The van der Waals surface area contributed by atoms with Crippen molar-refractivity contribution in [3.8, 4) is 5.75 Å². The first-order valence-electron chi connectivity index (χ1n) is 11.8. The van der Waals surface area contributed by atoms with Crippen molar-refractivity contribution in [2.45, 2.75) is 40.5 Å². The number of hydrogen-bond acceptors (Lipinski definition) is 4. The lowest BCUT2D eigenvalue weighted by Gasteiger charge is -2.18. The average molecular weight is 457 g/mol. The molecule has 2 heterocycles. The Morgan fingerprint density at radius 3 is 2.38 bits per heavy atom. The van der Waals surface area contributed by atoms with Crippen LogP contribution in [0.3, 0.4) is 0 Å². The maximum atomic E-state index is 12.6. The van der Waals surface area contributed by atoms with E-state index in [-0.39, 0.29) is 5.91 Å². The number of aromatic nitrogens is 2. The lowest BCUT2D eigenvalue weighted by Crippen LogP contribution is -2.23. The molecule has 4 rings (SSSR count). The molecule has 0 aliphatic carbocycles. The highest BCUT2D eigenvalue weighted by molar-refractivity contribution is 5.94. The third-order valence-electron chi connectivity index (χ3n) is 6.01. The number of carbonyl (C=O) groups excluding carboxylic acids is 1. The van der Waals surface area contributed by atoms with Crippen molar-refractivity contribution in [1.82, 2.24) is 19.6 Å². The topological polar surface area (TPSA) is 58.9 Å². The number of fused-ring (bicyclic) bond motifs is 1. The number of hydrogen-bond donors (Lipinski definition) is 1. The fraction of sp³-hybridized carbons (Fsp3) is 0.286. The van der Waals surface area contributed by atoms with Gasteiger partial charge in [0.1, 0.15) is 18.0 Å². The van der Waals surface area contributed by atoms with E-state index in [1.165, 1.54) is 5.56 Å². The summed E-state index contributed by atoms with van der Waals surface area (Å²) in [5, 5.41) is 2.99. The molecule has 0 aliphatic rings. The Bertz CT molecular complexity index is 1230. The molecule has 0 fully saturated rings. The van der Waals surface area contributed by atoms with Crippen molar-refractivity contribution >= 4 is 11.6 Å². The SMILES string of the molecule is CCN(CC)Cc1ccc(CNC(=O)c2ccc(OCc3cn4cccc(C)c4n3)cc2)cc1. The van der Waals surface area contributed by atoms with Crippen molar-refractivity contribution in [2.24, 2.45) is 0 Å². The Labute approximate surface area is 201 Å². The van der Waals surface area contributed by atoms with Crippen LogP contribution in [-0.2, 0) is 19.7 Å². The molecule has 0 saturated heterocycles. The predicted molar refractivity (Wildman–Crippen MR) is 135 cm³/mol. The number of benzene rings is 2. The van der Waals surface area contributed by atoms with Gasteiger partial charge in [-0.1, -0.05) is 44.2 Å². The van der Waals surface area contributed by atoms with Gasteiger partial charge in [0.25, 0.3) is 5.91 Å². The summed E-state index contributed by atoms with van der Waals surface area (Å²) < 4.78 is 7.87. The quantitative estimate of drug-likeness (QED) is 0.365. The molecule has 34 heavy (non-hydrogen) atoms. The minimum atomic E-state index is -0.102. The Balaban J connectivity index is 1.27. The standard InChI is InChI=1S/C28H32N4O2/c1-4-31(5-2)18-23-10-8-22(9-11-23)17-29-28(33)24-12-14-26(15-13-24)34-20-25-19-32-16-6-7-21(3)27(32)30-25/h6-16,19H,4-5,17-18,20H2,1-3H3,(H,29,33). The molecule has 176 valence electrons. The summed E-state index contributed by atoms with van der Waals surface area (Å²) in [5.74, 6) is 0.601. The fourth-order valence-electron chi connectivity index (χ4n) is 3.89. The van der Waals surface area contributed by atoms with Crippen LogP contribution in [0.1, 0.15) is 46.6 Å². The molecule has 4 aromatic rings. The van der Waals surface area contributed by atoms with Gasteiger partial charge < -0.3 is 14.5 Å². The maximum Gasteiger partial charge on any atom is 0.251 e. The summed E-state index contributed by atoms with van der Waals surface area (Å²) in [6.45, 7) is 10.3. The molecule has 0 atom stereocenters. The number of ether oxygens (including phenoxy) is 1. The zero-order valence-corrected chi connectivity index (χ0v) is 20.1. The molecule has 0 bridgehead atoms. The number of imidazole rings is 1. The predicted octanol–water partition coefficient (Wildman–Crippen LogP) is 4.99. The van der Waals surface area contributed by atoms with Gasteiger partial charge in [0, 0.05) is 31.0 Å². The molecule has 6 nitrogen and oxygen atoms in total. The van der Waals surface area contributed by atoms with Crippen molar-refractivity contribution < 1.29 is 9.53 Å². The van der Waals surface area contributed by atoms with E-state index >= 15 is 0 Å². The van der Waals surface area contributed by atoms with Crippen LogP contribution in [0.15, 0.2) is 73.1 Å². The number of amides is 1. The van der Waals surface area contributed by atoms with E-state index in [1.54, 1.807) is 12.1 Å². The summed E-state index contributed by atoms with van der Waals surface area (Å²) in [6.07, 6.45) is 3.95. The van der Waals surface area contributed by atoms with E-state index in [9.17, 15) is 4.79 Å². The molecule has 0 saturated carbocycles. The Hall–Kier alpha value is -3.64. The molecule has 1 amide bonds. The molecular formula is C28H32N4O2. The highest BCUT2D eigenvalue weighted by atomic mass is 16.5. The number of pyridine rings is 1. The van der Waals surface area contributed by atoms with Crippen LogP contribution in [-0.4, -0.2) is 33.3 Å². The summed E-state index contributed by atoms with van der Waals surface area (Å²) >= 11 is 0. The lowest BCUT2D eigenvalue weighted by molar-refractivity contribution is 0.0951. The molecule has 0 unspecified atom stereocenters. The summed E-state index contributed by atoms with van der Waals surface area (Å²) in [7, 11) is 0. The molecule has 0 spiro atoms. The van der Waals surface area contributed by atoms with E-state index in [0.717, 1.165) is 42.1 Å². The molecular weight excluding hydrogens is 424 g/mol. The molecule has 6 heteroatoms. The van der Waals surface area contributed by atoms with Gasteiger partial charge in [-0.05, 0) is 67.0 Å². The van der Waals surface area contributed by atoms with Crippen LogP contribution in [0.5, 0.6) is 5.75 Å². The lowest BCUT2D eigenvalue weighted by atomic mass is 10.1. The van der Waals surface area contributed by atoms with Gasteiger partial charge in [0.05, 0.1) is 5.69 Å². The largest absolute Gasteiger partial charge is 0.487 e. The smallest absolute Gasteiger partial charge is 0.251 e. The molecule has 2 aromatic heterocycles. The monoisotopic (exact) mass is 456 g/mol. The van der Waals surface area contributed by atoms with Gasteiger partial charge in [0.15, 0.2) is 0 Å². The van der Waals surface area contributed by atoms with E-state index < -0.39 is 0 Å². The normalized spacial score (nSPS) is 11.2. The second-order valence-corrected chi connectivity index (χ2v) is 8.43. The van der Waals surface area contributed by atoms with E-state index in [2.05, 4.69) is 53.3 Å². The first-order valence-corrected chi connectivity index (χ1v) is 11.8. The van der Waals surface area contributed by atoms with Crippen LogP contribution in [0, 0.1) is 6.92 Å². The van der Waals surface area contributed by atoms with Gasteiger partial charge in [0.2, 0.25) is 0 Å². The minimum absolute atomic E-state index is 0.102. The third kappa shape index (κ3) is 5.83. The molecule has 2 aromatic carbocycles. The van der Waals surface area contributed by atoms with Crippen molar-refractivity contribution in [2.75, 3.05) is 13.1 Å². The number of nitrogens with zero attached hydrogens (tertiary/aromatic N) is 3. The number of rotatable bonds is 10. The van der Waals surface area contributed by atoms with Gasteiger partial charge in [-0.15, -0.1) is 0 Å². The van der Waals surface area contributed by atoms with Gasteiger partial charge >= 0.3 is 0 Å². The molecule has 0 radical (unpaired) electrons. The summed E-state index contributed by atoms with van der Waals surface area (Å²) in [6, 6.07) is 19.7. The van der Waals surface area contributed by atoms with E-state index in [4.69, 9.17) is 4.74 Å².